The molecule has 7 heteroatoms. The Hall–Kier alpha value is -2.77. The van der Waals surface area contributed by atoms with Gasteiger partial charge in [-0.25, -0.2) is 15.0 Å². The maximum atomic E-state index is 5.54. The molecule has 26 heavy (non-hydrogen) atoms. The predicted molar refractivity (Wildman–Crippen MR) is 97.5 cm³/mol. The molecule has 1 fully saturated rings. The lowest BCUT2D eigenvalue weighted by Gasteiger charge is -2.26. The van der Waals surface area contributed by atoms with Crippen molar-refractivity contribution in [2.24, 2.45) is 0 Å². The molecule has 0 bridgehead atoms. The molecule has 3 heterocycles. The van der Waals surface area contributed by atoms with Gasteiger partial charge in [0.15, 0.2) is 0 Å². The third-order valence-corrected chi connectivity index (χ3v) is 4.19. The smallest absolute Gasteiger partial charge is 0.226 e. The number of hydrogen-bond donors (Lipinski definition) is 1. The van der Waals surface area contributed by atoms with E-state index in [4.69, 9.17) is 9.15 Å². The number of aromatic nitrogens is 3. The van der Waals surface area contributed by atoms with Gasteiger partial charge in [-0.05, 0) is 12.1 Å². The van der Waals surface area contributed by atoms with E-state index in [0.717, 1.165) is 49.1 Å². The van der Waals surface area contributed by atoms with Crippen LogP contribution in [0.15, 0.2) is 53.4 Å². The van der Waals surface area contributed by atoms with Crippen molar-refractivity contribution in [1.82, 2.24) is 20.3 Å². The zero-order valence-corrected chi connectivity index (χ0v) is 14.5. The first-order valence-corrected chi connectivity index (χ1v) is 8.72. The number of rotatable bonds is 6. The normalized spacial score (nSPS) is 14.5. The molecule has 1 saturated heterocycles. The zero-order valence-electron chi connectivity index (χ0n) is 14.5. The van der Waals surface area contributed by atoms with Gasteiger partial charge in [0.2, 0.25) is 11.8 Å². The van der Waals surface area contributed by atoms with Gasteiger partial charge in [0, 0.05) is 49.7 Å². The van der Waals surface area contributed by atoms with Crippen molar-refractivity contribution < 1.29 is 9.15 Å². The van der Waals surface area contributed by atoms with Gasteiger partial charge in [0.05, 0.1) is 18.9 Å². The number of nitrogens with zero attached hydrogens (tertiary/aromatic N) is 4. The molecule has 0 radical (unpaired) electrons. The minimum Gasteiger partial charge on any atom is -0.444 e. The summed E-state index contributed by atoms with van der Waals surface area (Å²) in [6.07, 6.45) is 5.42. The molecular formula is C19H21N5O2. The van der Waals surface area contributed by atoms with Gasteiger partial charge in [-0.1, -0.05) is 18.2 Å². The van der Waals surface area contributed by atoms with E-state index in [0.29, 0.717) is 19.0 Å². The lowest BCUT2D eigenvalue weighted by Crippen LogP contribution is -2.37. The van der Waals surface area contributed by atoms with E-state index in [1.54, 1.807) is 6.26 Å². The Morgan fingerprint density at radius 1 is 1.00 bits per heavy atom. The maximum absolute atomic E-state index is 5.54. The van der Waals surface area contributed by atoms with Crippen molar-refractivity contribution >= 4 is 5.95 Å². The predicted octanol–water partition coefficient (Wildman–Crippen LogP) is 2.26. The van der Waals surface area contributed by atoms with E-state index >= 15 is 0 Å². The number of hydrogen-bond acceptors (Lipinski definition) is 7. The van der Waals surface area contributed by atoms with Crippen LogP contribution < -0.4 is 10.2 Å². The highest BCUT2D eigenvalue weighted by molar-refractivity contribution is 5.52. The van der Waals surface area contributed by atoms with Gasteiger partial charge in [0.1, 0.15) is 6.26 Å². The summed E-state index contributed by atoms with van der Waals surface area (Å²) < 4.78 is 10.9. The summed E-state index contributed by atoms with van der Waals surface area (Å²) in [6.45, 7) is 4.45. The Bertz CT molecular complexity index is 813. The Morgan fingerprint density at radius 2 is 1.77 bits per heavy atom. The molecule has 3 aromatic rings. The van der Waals surface area contributed by atoms with Gasteiger partial charge in [0.25, 0.3) is 0 Å². The summed E-state index contributed by atoms with van der Waals surface area (Å²) in [5.74, 6) is 1.40. The second kappa shape index (κ2) is 8.07. The number of oxazole rings is 1. The fourth-order valence-corrected chi connectivity index (χ4v) is 2.80. The average Bonchev–Trinajstić information content (AvgIpc) is 3.19. The fourth-order valence-electron chi connectivity index (χ4n) is 2.80. The van der Waals surface area contributed by atoms with Crippen LogP contribution in [-0.4, -0.2) is 41.3 Å². The molecule has 0 aliphatic carbocycles. The van der Waals surface area contributed by atoms with Crippen LogP contribution in [0.4, 0.5) is 5.95 Å². The molecule has 0 saturated carbocycles. The van der Waals surface area contributed by atoms with E-state index < -0.39 is 0 Å². The first kappa shape index (κ1) is 16.7. The molecule has 2 aromatic heterocycles. The van der Waals surface area contributed by atoms with Crippen molar-refractivity contribution in [1.29, 1.82) is 0 Å². The summed E-state index contributed by atoms with van der Waals surface area (Å²) in [5, 5.41) is 3.35. The van der Waals surface area contributed by atoms with Gasteiger partial charge < -0.3 is 19.4 Å². The summed E-state index contributed by atoms with van der Waals surface area (Å²) in [6, 6.07) is 9.88. The third-order valence-electron chi connectivity index (χ3n) is 4.19. The molecule has 1 N–H and O–H groups in total. The van der Waals surface area contributed by atoms with Crippen LogP contribution in [0, 0.1) is 0 Å². The van der Waals surface area contributed by atoms with Crippen molar-refractivity contribution in [2.75, 3.05) is 31.2 Å². The lowest BCUT2D eigenvalue weighted by atomic mass is 10.2. The lowest BCUT2D eigenvalue weighted by molar-refractivity contribution is 0.122. The van der Waals surface area contributed by atoms with Gasteiger partial charge in [-0.2, -0.15) is 0 Å². The molecular weight excluding hydrogens is 330 g/mol. The van der Waals surface area contributed by atoms with E-state index in [2.05, 4.69) is 25.2 Å². The highest BCUT2D eigenvalue weighted by atomic mass is 16.5. The van der Waals surface area contributed by atoms with Gasteiger partial charge in [-0.3, -0.25) is 0 Å². The maximum Gasteiger partial charge on any atom is 0.226 e. The van der Waals surface area contributed by atoms with Crippen molar-refractivity contribution in [3.63, 3.8) is 0 Å². The summed E-state index contributed by atoms with van der Waals surface area (Å²) in [7, 11) is 0. The summed E-state index contributed by atoms with van der Waals surface area (Å²) in [4.78, 5) is 15.6. The number of anilines is 1. The number of ether oxygens (including phenoxy) is 1. The van der Waals surface area contributed by atoms with Gasteiger partial charge >= 0.3 is 0 Å². The second-order valence-corrected chi connectivity index (χ2v) is 6.10. The van der Waals surface area contributed by atoms with Crippen LogP contribution in [0.25, 0.3) is 11.5 Å². The molecule has 1 aliphatic heterocycles. The number of morpholine rings is 1. The number of nitrogens with one attached hydrogen (secondary N) is 1. The SMILES string of the molecule is c1ccc(-c2nc(CNCc3cnc(N4CCOCC4)nc3)co2)cc1. The van der Waals surface area contributed by atoms with Crippen LogP contribution in [0.5, 0.6) is 0 Å². The van der Waals surface area contributed by atoms with E-state index in [1.807, 2.05) is 42.7 Å². The molecule has 4 rings (SSSR count). The second-order valence-electron chi connectivity index (χ2n) is 6.10. The monoisotopic (exact) mass is 351 g/mol. The number of benzene rings is 1. The van der Waals surface area contributed by atoms with Crippen LogP contribution in [0.2, 0.25) is 0 Å². The molecule has 1 aromatic carbocycles. The first-order valence-electron chi connectivity index (χ1n) is 8.72. The highest BCUT2D eigenvalue weighted by Crippen LogP contribution is 2.17. The van der Waals surface area contributed by atoms with Gasteiger partial charge in [-0.15, -0.1) is 0 Å². The molecule has 134 valence electrons. The Morgan fingerprint density at radius 3 is 2.54 bits per heavy atom. The van der Waals surface area contributed by atoms with E-state index in [1.165, 1.54) is 0 Å². The average molecular weight is 351 g/mol. The van der Waals surface area contributed by atoms with E-state index in [9.17, 15) is 0 Å². The Kier molecular flexibility index (Phi) is 5.18. The fraction of sp³-hybridized carbons (Fsp3) is 0.316. The quantitative estimate of drug-likeness (QED) is 0.730. The van der Waals surface area contributed by atoms with Crippen LogP contribution in [0.3, 0.4) is 0 Å². The first-order chi connectivity index (χ1) is 12.9. The minimum absolute atomic E-state index is 0.627. The molecule has 0 spiro atoms. The van der Waals surface area contributed by atoms with Crippen LogP contribution in [0.1, 0.15) is 11.3 Å². The van der Waals surface area contributed by atoms with E-state index in [-0.39, 0.29) is 0 Å². The van der Waals surface area contributed by atoms with Crippen molar-refractivity contribution in [2.45, 2.75) is 13.1 Å². The standard InChI is InChI=1S/C19H21N5O2/c1-2-4-16(5-3-1)18-23-17(14-26-18)13-20-10-15-11-21-19(22-12-15)24-6-8-25-9-7-24/h1-5,11-12,14,20H,6-10,13H2. The van der Waals surface area contributed by atoms with Crippen molar-refractivity contribution in [3.8, 4) is 11.5 Å². The third kappa shape index (κ3) is 4.07. The molecule has 1 aliphatic rings. The zero-order chi connectivity index (χ0) is 17.6. The summed E-state index contributed by atoms with van der Waals surface area (Å²) in [5.41, 5.74) is 2.88. The Balaban J connectivity index is 1.29. The van der Waals surface area contributed by atoms with Crippen LogP contribution >= 0.6 is 0 Å². The molecule has 0 unspecified atom stereocenters. The molecule has 0 atom stereocenters. The topological polar surface area (TPSA) is 76.3 Å². The van der Waals surface area contributed by atoms with Crippen LogP contribution in [-0.2, 0) is 17.8 Å². The van der Waals surface area contributed by atoms with Crippen molar-refractivity contribution in [3.05, 3.63) is 60.2 Å². The Labute approximate surface area is 152 Å². The molecule has 0 amide bonds. The molecule has 7 nitrogen and oxygen atoms in total. The minimum atomic E-state index is 0.627. The highest BCUT2D eigenvalue weighted by Gasteiger charge is 2.13. The largest absolute Gasteiger partial charge is 0.444 e. The summed E-state index contributed by atoms with van der Waals surface area (Å²) >= 11 is 0.